The average molecular weight is 278 g/mol. The van der Waals surface area contributed by atoms with Gasteiger partial charge < -0.3 is 9.47 Å². The molecule has 0 spiro atoms. The Kier molecular flexibility index (Phi) is 5.61. The fourth-order valence-electron chi connectivity index (χ4n) is 2.94. The highest BCUT2D eigenvalue weighted by Gasteiger charge is 2.28. The summed E-state index contributed by atoms with van der Waals surface area (Å²) in [6.45, 7) is 13.4. The van der Waals surface area contributed by atoms with Crippen molar-refractivity contribution >= 4 is 6.47 Å². The molecular formula is C17H26O3. The third-order valence-corrected chi connectivity index (χ3v) is 3.39. The molecule has 112 valence electrons. The highest BCUT2D eigenvalue weighted by atomic mass is 16.7. The van der Waals surface area contributed by atoms with E-state index in [2.05, 4.69) is 46.8 Å². The zero-order valence-corrected chi connectivity index (χ0v) is 13.3. The lowest BCUT2D eigenvalue weighted by Crippen LogP contribution is -2.23. The Morgan fingerprint density at radius 1 is 1.05 bits per heavy atom. The largest absolute Gasteiger partial charge is 0.455 e. The summed E-state index contributed by atoms with van der Waals surface area (Å²) in [7, 11) is 0. The smallest absolute Gasteiger partial charge is 0.296 e. The van der Waals surface area contributed by atoms with Crippen LogP contribution in [0.5, 0.6) is 5.75 Å². The van der Waals surface area contributed by atoms with Gasteiger partial charge in [-0.3, -0.25) is 4.79 Å². The van der Waals surface area contributed by atoms with Gasteiger partial charge in [-0.2, -0.15) is 0 Å². The van der Waals surface area contributed by atoms with Gasteiger partial charge in [-0.05, 0) is 34.9 Å². The third-order valence-electron chi connectivity index (χ3n) is 3.39. The number of ether oxygens (including phenoxy) is 2. The van der Waals surface area contributed by atoms with Crippen molar-refractivity contribution in [3.63, 3.8) is 0 Å². The van der Waals surface area contributed by atoms with Gasteiger partial charge in [0.05, 0.1) is 0 Å². The monoisotopic (exact) mass is 278 g/mol. The Hall–Kier alpha value is -1.51. The summed E-state index contributed by atoms with van der Waals surface area (Å²) < 4.78 is 10.2. The highest BCUT2D eigenvalue weighted by Crippen LogP contribution is 2.40. The summed E-state index contributed by atoms with van der Waals surface area (Å²) in [5.41, 5.74) is 1.52. The minimum atomic E-state index is -0.568. The lowest BCUT2D eigenvalue weighted by atomic mass is 9.70. The van der Waals surface area contributed by atoms with E-state index in [1.807, 2.05) is 12.1 Å². The minimum Gasteiger partial charge on any atom is -0.455 e. The van der Waals surface area contributed by atoms with Crippen LogP contribution in [0.2, 0.25) is 0 Å². The molecule has 20 heavy (non-hydrogen) atoms. The molecule has 3 nitrogen and oxygen atoms in total. The maximum atomic E-state index is 10.2. The summed E-state index contributed by atoms with van der Waals surface area (Å²) in [5.74, 6) is 1.76. The third kappa shape index (κ3) is 4.55. The van der Waals surface area contributed by atoms with E-state index in [-0.39, 0.29) is 5.41 Å². The fourth-order valence-corrected chi connectivity index (χ4v) is 2.94. The molecule has 1 rings (SSSR count). The van der Waals surface area contributed by atoms with Crippen LogP contribution < -0.4 is 4.74 Å². The molecule has 0 heterocycles. The van der Waals surface area contributed by atoms with Crippen molar-refractivity contribution in [1.29, 1.82) is 0 Å². The second-order valence-electron chi connectivity index (χ2n) is 6.57. The van der Waals surface area contributed by atoms with Gasteiger partial charge in [0, 0.05) is 6.92 Å². The molecule has 0 bridgehead atoms. The Bertz CT molecular complexity index is 415. The van der Waals surface area contributed by atoms with E-state index >= 15 is 0 Å². The van der Waals surface area contributed by atoms with Crippen LogP contribution in [-0.4, -0.2) is 12.8 Å². The van der Waals surface area contributed by atoms with Gasteiger partial charge in [-0.15, -0.1) is 0 Å². The normalized spacial score (nSPS) is 14.8. The van der Waals surface area contributed by atoms with Crippen LogP contribution in [0.4, 0.5) is 0 Å². The van der Waals surface area contributed by atoms with Crippen LogP contribution in [0.1, 0.15) is 53.0 Å². The van der Waals surface area contributed by atoms with Crippen LogP contribution in [0.25, 0.3) is 0 Å². The van der Waals surface area contributed by atoms with E-state index in [4.69, 9.17) is 9.47 Å². The van der Waals surface area contributed by atoms with Crippen LogP contribution in [0, 0.1) is 11.3 Å². The Balaban J connectivity index is 2.86. The van der Waals surface area contributed by atoms with Gasteiger partial charge in [0.25, 0.3) is 6.47 Å². The molecule has 1 aromatic carbocycles. The van der Waals surface area contributed by atoms with Gasteiger partial charge in [0.15, 0.2) is 0 Å². The summed E-state index contributed by atoms with van der Waals surface area (Å²) in [6.07, 6.45) is -0.568. The van der Waals surface area contributed by atoms with E-state index in [0.29, 0.717) is 24.1 Å². The molecule has 0 aliphatic carbocycles. The zero-order chi connectivity index (χ0) is 15.3. The van der Waals surface area contributed by atoms with Crippen molar-refractivity contribution in [2.75, 3.05) is 0 Å². The standard InChI is InChI=1S/C17H26O3/c1-12(2)16(17(4,5)6)14-7-9-15(10-8-14)20-13(3)19-11-18/h7-13,16H,1-6H3. The van der Waals surface area contributed by atoms with Crippen molar-refractivity contribution in [3.8, 4) is 5.75 Å². The Labute approximate surface area is 122 Å². The molecule has 2 atom stereocenters. The first kappa shape index (κ1) is 16.5. The molecule has 0 aliphatic rings. The molecule has 2 unspecified atom stereocenters. The number of carbonyl (C=O) groups excluding carboxylic acids is 1. The molecule has 3 heteroatoms. The summed E-state index contributed by atoms with van der Waals surface area (Å²) in [6, 6.07) is 8.06. The number of carbonyl (C=O) groups is 1. The average Bonchev–Trinajstić information content (AvgIpc) is 2.29. The molecule has 0 fully saturated rings. The van der Waals surface area contributed by atoms with Crippen molar-refractivity contribution in [3.05, 3.63) is 29.8 Å². The first-order chi connectivity index (χ1) is 9.25. The van der Waals surface area contributed by atoms with Crippen molar-refractivity contribution in [2.24, 2.45) is 11.3 Å². The zero-order valence-electron chi connectivity index (χ0n) is 13.3. The van der Waals surface area contributed by atoms with Gasteiger partial charge in [-0.1, -0.05) is 46.8 Å². The van der Waals surface area contributed by atoms with E-state index in [9.17, 15) is 4.79 Å². The van der Waals surface area contributed by atoms with Crippen molar-refractivity contribution < 1.29 is 14.3 Å². The minimum absolute atomic E-state index is 0.213. The summed E-state index contributed by atoms with van der Waals surface area (Å²) in [4.78, 5) is 10.2. The number of hydrogen-bond donors (Lipinski definition) is 0. The highest BCUT2D eigenvalue weighted by molar-refractivity contribution is 5.37. The van der Waals surface area contributed by atoms with E-state index in [1.165, 1.54) is 5.56 Å². The predicted octanol–water partition coefficient (Wildman–Crippen LogP) is 4.37. The summed E-state index contributed by atoms with van der Waals surface area (Å²) in [5, 5.41) is 0. The molecular weight excluding hydrogens is 252 g/mol. The number of hydrogen-bond acceptors (Lipinski definition) is 3. The maximum Gasteiger partial charge on any atom is 0.296 e. The quantitative estimate of drug-likeness (QED) is 0.572. The Morgan fingerprint density at radius 3 is 2.00 bits per heavy atom. The van der Waals surface area contributed by atoms with Gasteiger partial charge in [0.1, 0.15) is 5.75 Å². The second-order valence-corrected chi connectivity index (χ2v) is 6.57. The second kappa shape index (κ2) is 6.78. The fraction of sp³-hybridized carbons (Fsp3) is 0.588. The van der Waals surface area contributed by atoms with E-state index in [1.54, 1.807) is 6.92 Å². The van der Waals surface area contributed by atoms with E-state index < -0.39 is 6.29 Å². The maximum absolute atomic E-state index is 10.2. The molecule has 0 amide bonds. The van der Waals surface area contributed by atoms with Gasteiger partial charge in [-0.25, -0.2) is 0 Å². The lowest BCUT2D eigenvalue weighted by molar-refractivity contribution is -0.145. The molecule has 0 saturated carbocycles. The topological polar surface area (TPSA) is 35.5 Å². The molecule has 0 aromatic heterocycles. The molecule has 1 aromatic rings. The van der Waals surface area contributed by atoms with Crippen molar-refractivity contribution in [1.82, 2.24) is 0 Å². The first-order valence-electron chi connectivity index (χ1n) is 7.11. The lowest BCUT2D eigenvalue weighted by Gasteiger charge is -2.34. The molecule has 0 radical (unpaired) electrons. The van der Waals surface area contributed by atoms with Crippen LogP contribution >= 0.6 is 0 Å². The first-order valence-corrected chi connectivity index (χ1v) is 7.11. The van der Waals surface area contributed by atoms with Crippen LogP contribution in [-0.2, 0) is 9.53 Å². The number of benzene rings is 1. The molecule has 0 saturated heterocycles. The van der Waals surface area contributed by atoms with E-state index in [0.717, 1.165) is 0 Å². The SMILES string of the molecule is CC(OC=O)Oc1ccc(C(C(C)C)C(C)(C)C)cc1. The molecule has 0 N–H and O–H groups in total. The predicted molar refractivity (Wildman–Crippen MR) is 80.7 cm³/mol. The summed E-state index contributed by atoms with van der Waals surface area (Å²) >= 11 is 0. The van der Waals surface area contributed by atoms with Crippen LogP contribution in [0.3, 0.4) is 0 Å². The Morgan fingerprint density at radius 2 is 1.60 bits per heavy atom. The van der Waals surface area contributed by atoms with Crippen LogP contribution in [0.15, 0.2) is 24.3 Å². The van der Waals surface area contributed by atoms with Gasteiger partial charge in [0.2, 0.25) is 6.29 Å². The van der Waals surface area contributed by atoms with Gasteiger partial charge >= 0.3 is 0 Å². The number of rotatable bonds is 6. The molecule has 0 aliphatic heterocycles. The van der Waals surface area contributed by atoms with Crippen molar-refractivity contribution in [2.45, 2.75) is 53.8 Å².